The zero-order valence-corrected chi connectivity index (χ0v) is 10.4. The van der Waals surface area contributed by atoms with Crippen molar-refractivity contribution in [3.05, 3.63) is 36.1 Å². The Kier molecular flexibility index (Phi) is 2.89. The quantitative estimate of drug-likeness (QED) is 0.781. The molecule has 1 fully saturated rings. The van der Waals surface area contributed by atoms with Gasteiger partial charge in [0.2, 0.25) is 0 Å². The first kappa shape index (κ1) is 10.8. The Hall–Kier alpha value is -1.28. The minimum absolute atomic E-state index is 0.707. The van der Waals surface area contributed by atoms with Crippen LogP contribution < -0.4 is 0 Å². The predicted octanol–water partition coefficient (Wildman–Crippen LogP) is 3.63. The fraction of sp³-hybridized carbons (Fsp3) is 0.467. The third kappa shape index (κ3) is 1.98. The highest BCUT2D eigenvalue weighted by molar-refractivity contribution is 5.81. The molecule has 2 nitrogen and oxygen atoms in total. The first-order chi connectivity index (χ1) is 8.38. The molecule has 3 rings (SSSR count). The van der Waals surface area contributed by atoms with Gasteiger partial charge in [0.25, 0.3) is 0 Å². The summed E-state index contributed by atoms with van der Waals surface area (Å²) in [6, 6.07) is 8.55. The van der Waals surface area contributed by atoms with Crippen molar-refractivity contribution in [1.82, 2.24) is 4.90 Å². The molecule has 1 aromatic heterocycles. The number of likely N-dealkylation sites (tertiary alicyclic amines) is 1. The van der Waals surface area contributed by atoms with Crippen LogP contribution in [0.25, 0.3) is 11.0 Å². The molecule has 17 heavy (non-hydrogen) atoms. The number of hydrogen-bond donors (Lipinski definition) is 0. The second-order valence-corrected chi connectivity index (χ2v) is 4.89. The maximum atomic E-state index is 5.48. The van der Waals surface area contributed by atoms with Gasteiger partial charge < -0.3 is 9.32 Å². The summed E-state index contributed by atoms with van der Waals surface area (Å²) in [5, 5.41) is 1.31. The number of hydrogen-bond acceptors (Lipinski definition) is 2. The summed E-state index contributed by atoms with van der Waals surface area (Å²) in [4.78, 5) is 2.53. The number of benzene rings is 1. The molecule has 2 heteroatoms. The van der Waals surface area contributed by atoms with Crippen LogP contribution >= 0.6 is 0 Å². The van der Waals surface area contributed by atoms with Crippen molar-refractivity contribution in [3.8, 4) is 0 Å². The smallest absolute Gasteiger partial charge is 0.134 e. The van der Waals surface area contributed by atoms with Crippen molar-refractivity contribution < 1.29 is 4.42 Å². The third-order valence-corrected chi connectivity index (χ3v) is 4.00. The van der Waals surface area contributed by atoms with Gasteiger partial charge in [-0.25, -0.2) is 0 Å². The van der Waals surface area contributed by atoms with Crippen LogP contribution in [0.2, 0.25) is 0 Å². The topological polar surface area (TPSA) is 16.4 Å². The average Bonchev–Trinajstić information content (AvgIpc) is 2.87. The lowest BCUT2D eigenvalue weighted by molar-refractivity contribution is 0.223. The molecule has 0 spiro atoms. The van der Waals surface area contributed by atoms with E-state index in [1.165, 1.54) is 43.4 Å². The van der Waals surface area contributed by atoms with Gasteiger partial charge >= 0.3 is 0 Å². The van der Waals surface area contributed by atoms with Gasteiger partial charge in [0.1, 0.15) is 5.58 Å². The maximum Gasteiger partial charge on any atom is 0.134 e. The van der Waals surface area contributed by atoms with Crippen molar-refractivity contribution in [1.29, 1.82) is 0 Å². The molecular weight excluding hydrogens is 210 g/mol. The van der Waals surface area contributed by atoms with Crippen LogP contribution in [0.15, 0.2) is 34.9 Å². The minimum atomic E-state index is 0.707. The maximum absolute atomic E-state index is 5.48. The lowest BCUT2D eigenvalue weighted by Gasteiger charge is -2.31. The average molecular weight is 229 g/mol. The number of nitrogens with zero attached hydrogens (tertiary/aromatic N) is 1. The van der Waals surface area contributed by atoms with E-state index in [0.29, 0.717) is 5.92 Å². The summed E-state index contributed by atoms with van der Waals surface area (Å²) >= 11 is 0. The Labute approximate surface area is 102 Å². The molecule has 0 radical (unpaired) electrons. The molecular formula is C15H19NO. The molecule has 0 N–H and O–H groups in total. The van der Waals surface area contributed by atoms with Crippen LogP contribution in [0.5, 0.6) is 0 Å². The summed E-state index contributed by atoms with van der Waals surface area (Å²) < 4.78 is 5.48. The highest BCUT2D eigenvalue weighted by Crippen LogP contribution is 2.33. The number of rotatable bonds is 2. The van der Waals surface area contributed by atoms with Crippen molar-refractivity contribution in [2.24, 2.45) is 0 Å². The van der Waals surface area contributed by atoms with Crippen molar-refractivity contribution >= 4 is 11.0 Å². The van der Waals surface area contributed by atoms with Crippen LogP contribution in [-0.4, -0.2) is 24.5 Å². The highest BCUT2D eigenvalue weighted by atomic mass is 16.3. The van der Waals surface area contributed by atoms with Gasteiger partial charge in [-0.2, -0.15) is 0 Å². The molecule has 0 bridgehead atoms. The molecule has 1 saturated heterocycles. The van der Waals surface area contributed by atoms with E-state index < -0.39 is 0 Å². The van der Waals surface area contributed by atoms with Gasteiger partial charge in [0.05, 0.1) is 6.26 Å². The number of fused-ring (bicyclic) bond motifs is 1. The first-order valence-corrected chi connectivity index (χ1v) is 6.57. The second-order valence-electron chi connectivity index (χ2n) is 4.89. The van der Waals surface area contributed by atoms with Gasteiger partial charge in [-0.05, 0) is 56.1 Å². The van der Waals surface area contributed by atoms with Crippen LogP contribution in [-0.2, 0) is 0 Å². The molecule has 0 aliphatic carbocycles. The van der Waals surface area contributed by atoms with Gasteiger partial charge in [-0.1, -0.05) is 19.1 Å². The van der Waals surface area contributed by atoms with E-state index in [1.807, 2.05) is 0 Å². The monoisotopic (exact) mass is 229 g/mol. The largest absolute Gasteiger partial charge is 0.464 e. The molecule has 0 saturated carbocycles. The molecule has 2 aromatic rings. The van der Waals surface area contributed by atoms with Crippen LogP contribution in [0.4, 0.5) is 0 Å². The van der Waals surface area contributed by atoms with Crippen LogP contribution in [0.1, 0.15) is 31.2 Å². The Balaban J connectivity index is 1.87. The molecule has 1 aliphatic rings. The van der Waals surface area contributed by atoms with E-state index in [9.17, 15) is 0 Å². The first-order valence-electron chi connectivity index (χ1n) is 6.57. The Morgan fingerprint density at radius 3 is 2.82 bits per heavy atom. The Bertz CT molecular complexity index is 494. The Morgan fingerprint density at radius 2 is 2.06 bits per heavy atom. The lowest BCUT2D eigenvalue weighted by atomic mass is 9.87. The molecule has 1 aromatic carbocycles. The predicted molar refractivity (Wildman–Crippen MR) is 70.3 cm³/mol. The zero-order chi connectivity index (χ0) is 11.7. The molecule has 0 unspecified atom stereocenters. The normalized spacial score (nSPS) is 18.9. The van der Waals surface area contributed by atoms with E-state index in [2.05, 4.69) is 36.1 Å². The fourth-order valence-corrected chi connectivity index (χ4v) is 2.93. The standard InChI is InChI=1S/C15H19NO/c1-2-16-9-6-12(7-10-16)13-4-3-5-15-14(13)8-11-17-15/h3-5,8,11-12H,2,6-7,9-10H2,1H3. The van der Waals surface area contributed by atoms with E-state index in [-0.39, 0.29) is 0 Å². The minimum Gasteiger partial charge on any atom is -0.464 e. The van der Waals surface area contributed by atoms with Crippen molar-refractivity contribution in [2.45, 2.75) is 25.7 Å². The summed E-state index contributed by atoms with van der Waals surface area (Å²) in [5.41, 5.74) is 2.51. The summed E-state index contributed by atoms with van der Waals surface area (Å²) in [7, 11) is 0. The highest BCUT2D eigenvalue weighted by Gasteiger charge is 2.21. The van der Waals surface area contributed by atoms with Crippen LogP contribution in [0, 0.1) is 0 Å². The SMILES string of the molecule is CCN1CCC(c2cccc3occc23)CC1. The summed E-state index contributed by atoms with van der Waals surface area (Å²) in [6.45, 7) is 5.89. The van der Waals surface area contributed by atoms with E-state index in [4.69, 9.17) is 4.42 Å². The molecule has 2 heterocycles. The lowest BCUT2D eigenvalue weighted by Crippen LogP contribution is -2.32. The second kappa shape index (κ2) is 4.53. The number of furan rings is 1. The molecule has 1 aliphatic heterocycles. The van der Waals surface area contributed by atoms with E-state index in [1.54, 1.807) is 6.26 Å². The van der Waals surface area contributed by atoms with Crippen molar-refractivity contribution in [3.63, 3.8) is 0 Å². The summed E-state index contributed by atoms with van der Waals surface area (Å²) in [6.07, 6.45) is 4.35. The fourth-order valence-electron chi connectivity index (χ4n) is 2.93. The number of piperidine rings is 1. The van der Waals surface area contributed by atoms with Gasteiger partial charge in [-0.15, -0.1) is 0 Å². The summed E-state index contributed by atoms with van der Waals surface area (Å²) in [5.74, 6) is 0.707. The Morgan fingerprint density at radius 1 is 1.24 bits per heavy atom. The van der Waals surface area contributed by atoms with E-state index >= 15 is 0 Å². The zero-order valence-electron chi connectivity index (χ0n) is 10.4. The third-order valence-electron chi connectivity index (χ3n) is 4.00. The van der Waals surface area contributed by atoms with E-state index in [0.717, 1.165) is 5.58 Å². The molecule has 90 valence electrons. The van der Waals surface area contributed by atoms with Gasteiger partial charge in [-0.3, -0.25) is 0 Å². The van der Waals surface area contributed by atoms with Crippen LogP contribution in [0.3, 0.4) is 0 Å². The van der Waals surface area contributed by atoms with Gasteiger partial charge in [0.15, 0.2) is 0 Å². The van der Waals surface area contributed by atoms with Gasteiger partial charge in [0, 0.05) is 5.39 Å². The van der Waals surface area contributed by atoms with Crippen molar-refractivity contribution in [2.75, 3.05) is 19.6 Å². The molecule has 0 atom stereocenters. The molecule has 0 amide bonds.